The molecular formula is C28H27NO6. The van der Waals surface area contributed by atoms with E-state index in [4.69, 9.17) is 18.6 Å². The van der Waals surface area contributed by atoms with Crippen LogP contribution in [0.25, 0.3) is 22.1 Å². The van der Waals surface area contributed by atoms with Crippen molar-refractivity contribution in [3.8, 4) is 22.6 Å². The van der Waals surface area contributed by atoms with Crippen LogP contribution in [-0.2, 0) is 16.0 Å². The first-order chi connectivity index (χ1) is 17.0. The Bertz CT molecular complexity index is 1290. The topological polar surface area (TPSA) is 87.0 Å². The molecule has 0 fully saturated rings. The molecule has 1 amide bonds. The van der Waals surface area contributed by atoms with E-state index in [0.717, 1.165) is 39.2 Å². The number of benzene rings is 3. The lowest BCUT2D eigenvalue weighted by molar-refractivity contribution is -0.118. The number of furan rings is 1. The molecule has 3 aromatic carbocycles. The number of hydrogen-bond acceptors (Lipinski definition) is 6. The summed E-state index contributed by atoms with van der Waals surface area (Å²) in [4.78, 5) is 22.7. The molecule has 0 radical (unpaired) electrons. The summed E-state index contributed by atoms with van der Waals surface area (Å²) in [6.45, 7) is 2.84. The van der Waals surface area contributed by atoms with Crippen molar-refractivity contribution in [2.45, 2.75) is 13.3 Å². The Labute approximate surface area is 203 Å². The van der Waals surface area contributed by atoms with Crippen molar-refractivity contribution in [1.82, 2.24) is 5.32 Å². The van der Waals surface area contributed by atoms with Gasteiger partial charge < -0.3 is 23.9 Å². The van der Waals surface area contributed by atoms with Crippen molar-refractivity contribution in [3.05, 3.63) is 84.1 Å². The van der Waals surface area contributed by atoms with Crippen LogP contribution in [-0.4, -0.2) is 38.7 Å². The smallest absolute Gasteiger partial charge is 0.337 e. The second-order valence-electron chi connectivity index (χ2n) is 7.94. The zero-order chi connectivity index (χ0) is 24.6. The van der Waals surface area contributed by atoms with Gasteiger partial charge in [0.05, 0.1) is 18.9 Å². The Balaban J connectivity index is 1.28. The molecule has 4 rings (SSSR count). The van der Waals surface area contributed by atoms with Gasteiger partial charge in [-0.3, -0.25) is 4.79 Å². The number of ether oxygens (including phenoxy) is 3. The van der Waals surface area contributed by atoms with Crippen LogP contribution < -0.4 is 14.8 Å². The fourth-order valence-electron chi connectivity index (χ4n) is 3.70. The monoisotopic (exact) mass is 473 g/mol. The summed E-state index contributed by atoms with van der Waals surface area (Å²) in [5, 5.41) is 3.77. The number of nitrogens with one attached hydrogen (secondary N) is 1. The molecule has 7 heteroatoms. The predicted octanol–water partition coefficient (Wildman–Crippen LogP) is 5.02. The van der Waals surface area contributed by atoms with Crippen LogP contribution >= 0.6 is 0 Å². The number of hydrogen-bond donors (Lipinski definition) is 1. The fourth-order valence-corrected chi connectivity index (χ4v) is 3.70. The zero-order valence-electron chi connectivity index (χ0n) is 19.7. The molecule has 0 aliphatic heterocycles. The molecular weight excluding hydrogens is 446 g/mol. The zero-order valence-corrected chi connectivity index (χ0v) is 19.7. The fraction of sp³-hybridized carbons (Fsp3) is 0.214. The minimum Gasteiger partial charge on any atom is -0.490 e. The summed E-state index contributed by atoms with van der Waals surface area (Å²) in [6.07, 6.45) is 2.40. The van der Waals surface area contributed by atoms with E-state index in [1.165, 1.54) is 14.0 Å². The van der Waals surface area contributed by atoms with Gasteiger partial charge in [0.1, 0.15) is 30.3 Å². The molecule has 35 heavy (non-hydrogen) atoms. The Kier molecular flexibility index (Phi) is 7.67. The highest BCUT2D eigenvalue weighted by molar-refractivity contribution is 5.90. The Morgan fingerprint density at radius 3 is 2.14 bits per heavy atom. The molecule has 0 bridgehead atoms. The van der Waals surface area contributed by atoms with Crippen LogP contribution in [0, 0.1) is 0 Å². The summed E-state index contributed by atoms with van der Waals surface area (Å²) in [6, 6.07) is 20.7. The highest BCUT2D eigenvalue weighted by Crippen LogP contribution is 2.26. The van der Waals surface area contributed by atoms with E-state index >= 15 is 0 Å². The largest absolute Gasteiger partial charge is 0.490 e. The van der Waals surface area contributed by atoms with Gasteiger partial charge in [0.15, 0.2) is 0 Å². The third-order valence-corrected chi connectivity index (χ3v) is 5.51. The SMILES string of the molecule is COC(=O)c1ccc(-c2ccc(OCCOc3ccc4occ(CCNC(C)=O)c4c3)cc2)cc1. The normalized spacial score (nSPS) is 10.7. The third-order valence-electron chi connectivity index (χ3n) is 5.51. The summed E-state index contributed by atoms with van der Waals surface area (Å²) in [5.74, 6) is 1.07. The lowest BCUT2D eigenvalue weighted by atomic mass is 10.0. The molecule has 4 aromatic rings. The number of methoxy groups -OCH3 is 1. The van der Waals surface area contributed by atoms with E-state index in [2.05, 4.69) is 5.32 Å². The van der Waals surface area contributed by atoms with E-state index in [0.29, 0.717) is 31.7 Å². The maximum absolute atomic E-state index is 11.6. The van der Waals surface area contributed by atoms with Gasteiger partial charge in [-0.05, 0) is 60.0 Å². The van der Waals surface area contributed by atoms with E-state index in [1.807, 2.05) is 54.6 Å². The first-order valence-electron chi connectivity index (χ1n) is 11.3. The predicted molar refractivity (Wildman–Crippen MR) is 133 cm³/mol. The minimum absolute atomic E-state index is 0.0502. The molecule has 0 spiro atoms. The van der Waals surface area contributed by atoms with Crippen LogP contribution in [0.5, 0.6) is 11.5 Å². The molecule has 1 heterocycles. The van der Waals surface area contributed by atoms with E-state index in [9.17, 15) is 9.59 Å². The van der Waals surface area contributed by atoms with Crippen LogP contribution in [0.2, 0.25) is 0 Å². The number of esters is 1. The van der Waals surface area contributed by atoms with Crippen LogP contribution in [0.1, 0.15) is 22.8 Å². The molecule has 7 nitrogen and oxygen atoms in total. The van der Waals surface area contributed by atoms with E-state index in [1.54, 1.807) is 18.4 Å². The highest BCUT2D eigenvalue weighted by atomic mass is 16.5. The summed E-state index contributed by atoms with van der Waals surface area (Å²) in [7, 11) is 1.37. The van der Waals surface area contributed by atoms with Gasteiger partial charge in [-0.1, -0.05) is 24.3 Å². The molecule has 1 N–H and O–H groups in total. The summed E-state index contributed by atoms with van der Waals surface area (Å²) >= 11 is 0. The standard InChI is InChI=1S/C28H27NO6/c1-19(30)29-14-13-23-18-35-27-12-11-25(17-26(23)27)34-16-15-33-24-9-7-21(8-10-24)20-3-5-22(6-4-20)28(31)32-2/h3-12,17-18H,13-16H2,1-2H3,(H,29,30). The van der Waals surface area contributed by atoms with Gasteiger partial charge in [0, 0.05) is 24.4 Å². The summed E-state index contributed by atoms with van der Waals surface area (Å²) < 4.78 is 22.0. The molecule has 0 unspecified atom stereocenters. The van der Waals surface area contributed by atoms with Gasteiger partial charge in [-0.2, -0.15) is 0 Å². The van der Waals surface area contributed by atoms with Gasteiger partial charge in [-0.25, -0.2) is 4.79 Å². The van der Waals surface area contributed by atoms with Gasteiger partial charge >= 0.3 is 5.97 Å². The van der Waals surface area contributed by atoms with E-state index in [-0.39, 0.29) is 11.9 Å². The second kappa shape index (κ2) is 11.2. The van der Waals surface area contributed by atoms with Crippen molar-refractivity contribution in [1.29, 1.82) is 0 Å². The quantitative estimate of drug-likeness (QED) is 0.257. The third kappa shape index (κ3) is 6.20. The molecule has 0 saturated heterocycles. The first-order valence-corrected chi connectivity index (χ1v) is 11.3. The van der Waals surface area contributed by atoms with Crippen molar-refractivity contribution < 1.29 is 28.2 Å². The van der Waals surface area contributed by atoms with Crippen molar-refractivity contribution in [2.75, 3.05) is 26.9 Å². The lowest BCUT2D eigenvalue weighted by Crippen LogP contribution is -2.22. The number of rotatable bonds is 10. The molecule has 0 aliphatic carbocycles. The second-order valence-corrected chi connectivity index (χ2v) is 7.94. The molecule has 0 saturated carbocycles. The number of fused-ring (bicyclic) bond motifs is 1. The van der Waals surface area contributed by atoms with Crippen LogP contribution in [0.15, 0.2) is 77.4 Å². The van der Waals surface area contributed by atoms with Gasteiger partial charge in [0.2, 0.25) is 5.91 Å². The Morgan fingerprint density at radius 2 is 1.49 bits per heavy atom. The average molecular weight is 474 g/mol. The van der Waals surface area contributed by atoms with E-state index < -0.39 is 0 Å². The summed E-state index contributed by atoms with van der Waals surface area (Å²) in [5.41, 5.74) is 4.35. The first kappa shape index (κ1) is 23.9. The Morgan fingerprint density at radius 1 is 0.857 bits per heavy atom. The molecule has 0 atom stereocenters. The van der Waals surface area contributed by atoms with Gasteiger partial charge in [0.25, 0.3) is 0 Å². The maximum Gasteiger partial charge on any atom is 0.337 e. The van der Waals surface area contributed by atoms with Crippen LogP contribution in [0.3, 0.4) is 0 Å². The molecule has 1 aromatic heterocycles. The maximum atomic E-state index is 11.6. The number of carbonyl (C=O) groups is 2. The minimum atomic E-state index is -0.352. The molecule has 0 aliphatic rings. The lowest BCUT2D eigenvalue weighted by Gasteiger charge is -2.10. The number of carbonyl (C=O) groups excluding carboxylic acids is 2. The Hall–Kier alpha value is -4.26. The van der Waals surface area contributed by atoms with Gasteiger partial charge in [-0.15, -0.1) is 0 Å². The van der Waals surface area contributed by atoms with Crippen molar-refractivity contribution in [3.63, 3.8) is 0 Å². The van der Waals surface area contributed by atoms with Crippen molar-refractivity contribution >= 4 is 22.8 Å². The van der Waals surface area contributed by atoms with Crippen LogP contribution in [0.4, 0.5) is 0 Å². The average Bonchev–Trinajstić information content (AvgIpc) is 3.28. The highest BCUT2D eigenvalue weighted by Gasteiger charge is 2.08. The molecule has 180 valence electrons. The van der Waals surface area contributed by atoms with Crippen molar-refractivity contribution in [2.24, 2.45) is 0 Å². The number of amides is 1.